The molecule has 0 aliphatic carbocycles. The highest BCUT2D eigenvalue weighted by atomic mass is 19.4. The molecular formula is C12H13F4N3O2. The van der Waals surface area contributed by atoms with Crippen molar-refractivity contribution < 1.29 is 27.5 Å². The van der Waals surface area contributed by atoms with Crippen molar-refractivity contribution in [2.24, 2.45) is 5.92 Å². The predicted octanol–water partition coefficient (Wildman–Crippen LogP) is 2.13. The topological polar surface area (TPSA) is 66.3 Å². The molecule has 0 aromatic carbocycles. The lowest BCUT2D eigenvalue weighted by atomic mass is 9.92. The minimum absolute atomic E-state index is 0.132. The summed E-state index contributed by atoms with van der Waals surface area (Å²) >= 11 is 0. The molecule has 116 valence electrons. The fourth-order valence-electron chi connectivity index (χ4n) is 2.22. The molecule has 0 bridgehead atoms. The van der Waals surface area contributed by atoms with E-state index in [2.05, 4.69) is 9.97 Å². The quantitative estimate of drug-likeness (QED) is 0.867. The monoisotopic (exact) mass is 307 g/mol. The molecule has 1 aliphatic rings. The van der Waals surface area contributed by atoms with Gasteiger partial charge in [0.2, 0.25) is 5.95 Å². The molecule has 0 radical (unpaired) electrons. The fourth-order valence-corrected chi connectivity index (χ4v) is 2.22. The fraction of sp³-hybridized carbons (Fsp3) is 0.583. The van der Waals surface area contributed by atoms with E-state index in [4.69, 9.17) is 5.11 Å². The van der Waals surface area contributed by atoms with Crippen LogP contribution in [0.15, 0.2) is 12.4 Å². The van der Waals surface area contributed by atoms with Crippen molar-refractivity contribution in [3.05, 3.63) is 18.0 Å². The van der Waals surface area contributed by atoms with Gasteiger partial charge in [-0.1, -0.05) is 0 Å². The summed E-state index contributed by atoms with van der Waals surface area (Å²) < 4.78 is 50.5. The number of carboxylic acids is 1. The Balaban J connectivity index is 1.98. The lowest BCUT2D eigenvalue weighted by molar-refractivity contribution is -0.145. The van der Waals surface area contributed by atoms with Gasteiger partial charge in [-0.15, -0.1) is 0 Å². The second kappa shape index (κ2) is 5.82. The minimum Gasteiger partial charge on any atom is -0.479 e. The zero-order chi connectivity index (χ0) is 15.6. The normalized spacial score (nSPS) is 18.6. The highest BCUT2D eigenvalue weighted by Crippen LogP contribution is 2.29. The van der Waals surface area contributed by atoms with E-state index in [0.717, 1.165) is 0 Å². The van der Waals surface area contributed by atoms with E-state index in [0.29, 0.717) is 25.5 Å². The van der Waals surface area contributed by atoms with Crippen molar-refractivity contribution in [1.29, 1.82) is 0 Å². The van der Waals surface area contributed by atoms with E-state index >= 15 is 0 Å². The van der Waals surface area contributed by atoms with E-state index in [1.807, 2.05) is 0 Å². The van der Waals surface area contributed by atoms with Crippen LogP contribution in [0.25, 0.3) is 0 Å². The van der Waals surface area contributed by atoms with Gasteiger partial charge in [0.15, 0.2) is 6.17 Å². The molecule has 1 aromatic rings. The summed E-state index contributed by atoms with van der Waals surface area (Å²) in [5, 5.41) is 8.60. The molecule has 1 saturated heterocycles. The van der Waals surface area contributed by atoms with Gasteiger partial charge in [-0.3, -0.25) is 0 Å². The lowest BCUT2D eigenvalue weighted by Crippen LogP contribution is -2.39. The smallest absolute Gasteiger partial charge is 0.419 e. The molecule has 2 heterocycles. The number of rotatable bonds is 3. The van der Waals surface area contributed by atoms with Crippen LogP contribution in [0.5, 0.6) is 0 Å². The summed E-state index contributed by atoms with van der Waals surface area (Å²) in [5.74, 6) is -1.94. The maximum atomic E-state index is 13.4. The summed E-state index contributed by atoms with van der Waals surface area (Å²) in [4.78, 5) is 19.5. The molecule has 1 fully saturated rings. The summed E-state index contributed by atoms with van der Waals surface area (Å²) in [5.41, 5.74) is -0.934. The van der Waals surface area contributed by atoms with E-state index < -0.39 is 29.8 Å². The Morgan fingerprint density at radius 3 is 2.24 bits per heavy atom. The number of hydrogen-bond donors (Lipinski definition) is 1. The zero-order valence-corrected chi connectivity index (χ0v) is 10.8. The predicted molar refractivity (Wildman–Crippen MR) is 64.5 cm³/mol. The van der Waals surface area contributed by atoms with Gasteiger partial charge in [-0.05, 0) is 12.8 Å². The number of hydrogen-bond acceptors (Lipinski definition) is 4. The number of piperidine rings is 1. The van der Waals surface area contributed by atoms with E-state index in [1.165, 1.54) is 0 Å². The Morgan fingerprint density at radius 1 is 1.29 bits per heavy atom. The van der Waals surface area contributed by atoms with Crippen LogP contribution < -0.4 is 4.90 Å². The largest absolute Gasteiger partial charge is 0.479 e. The molecule has 0 spiro atoms. The van der Waals surface area contributed by atoms with Crippen molar-refractivity contribution in [3.8, 4) is 0 Å². The first-order valence-electron chi connectivity index (χ1n) is 6.30. The Hall–Kier alpha value is -1.93. The third-order valence-electron chi connectivity index (χ3n) is 3.44. The second-order valence-corrected chi connectivity index (χ2v) is 4.83. The summed E-state index contributed by atoms with van der Waals surface area (Å²) in [6.45, 7) is 0.619. The molecule has 0 saturated carbocycles. The number of anilines is 1. The number of aliphatic carboxylic acids is 1. The molecule has 1 N–H and O–H groups in total. The molecule has 21 heavy (non-hydrogen) atoms. The molecular weight excluding hydrogens is 294 g/mol. The highest BCUT2D eigenvalue weighted by molar-refractivity contribution is 5.72. The number of carbonyl (C=O) groups is 1. The third-order valence-corrected chi connectivity index (χ3v) is 3.44. The number of nitrogens with zero attached hydrogens (tertiary/aromatic N) is 3. The van der Waals surface area contributed by atoms with Gasteiger partial charge in [-0.2, -0.15) is 13.2 Å². The van der Waals surface area contributed by atoms with E-state index in [1.54, 1.807) is 4.90 Å². The lowest BCUT2D eigenvalue weighted by Gasteiger charge is -2.32. The average molecular weight is 307 g/mol. The van der Waals surface area contributed by atoms with Crippen LogP contribution in [0.3, 0.4) is 0 Å². The van der Waals surface area contributed by atoms with Gasteiger partial charge in [0.25, 0.3) is 0 Å². The molecule has 9 heteroatoms. The van der Waals surface area contributed by atoms with Crippen LogP contribution in [0.4, 0.5) is 23.5 Å². The first-order chi connectivity index (χ1) is 9.79. The minimum atomic E-state index is -4.49. The summed E-state index contributed by atoms with van der Waals surface area (Å²) in [7, 11) is 0. The van der Waals surface area contributed by atoms with Gasteiger partial charge in [0, 0.05) is 31.4 Å². The van der Waals surface area contributed by atoms with Gasteiger partial charge in [-0.25, -0.2) is 19.2 Å². The van der Waals surface area contributed by atoms with Crippen molar-refractivity contribution in [2.45, 2.75) is 25.2 Å². The highest BCUT2D eigenvalue weighted by Gasteiger charge is 2.33. The van der Waals surface area contributed by atoms with E-state index in [9.17, 15) is 22.4 Å². The van der Waals surface area contributed by atoms with Crippen molar-refractivity contribution >= 4 is 11.9 Å². The van der Waals surface area contributed by atoms with Gasteiger partial charge >= 0.3 is 12.1 Å². The van der Waals surface area contributed by atoms with Gasteiger partial charge < -0.3 is 10.0 Å². The zero-order valence-electron chi connectivity index (χ0n) is 10.8. The van der Waals surface area contributed by atoms with Crippen LogP contribution in [0, 0.1) is 5.92 Å². The van der Waals surface area contributed by atoms with Crippen molar-refractivity contribution in [1.82, 2.24) is 9.97 Å². The molecule has 1 aliphatic heterocycles. The Kier molecular flexibility index (Phi) is 4.29. The Morgan fingerprint density at radius 2 is 1.81 bits per heavy atom. The average Bonchev–Trinajstić information content (AvgIpc) is 2.46. The van der Waals surface area contributed by atoms with Crippen LogP contribution in [0.2, 0.25) is 0 Å². The number of alkyl halides is 4. The molecule has 1 aromatic heterocycles. The maximum absolute atomic E-state index is 13.4. The first kappa shape index (κ1) is 15.5. The van der Waals surface area contributed by atoms with Crippen molar-refractivity contribution in [3.63, 3.8) is 0 Å². The van der Waals surface area contributed by atoms with Gasteiger partial charge in [0.1, 0.15) is 0 Å². The van der Waals surface area contributed by atoms with Crippen LogP contribution >= 0.6 is 0 Å². The molecule has 0 amide bonds. The number of halogens is 4. The molecule has 5 nitrogen and oxygen atoms in total. The SMILES string of the molecule is O=C(O)C(F)C1CCN(c2ncc(C(F)(F)F)cn2)CC1. The van der Waals surface area contributed by atoms with E-state index in [-0.39, 0.29) is 18.8 Å². The molecule has 2 rings (SSSR count). The number of aromatic nitrogens is 2. The molecule has 1 unspecified atom stereocenters. The summed E-state index contributed by atoms with van der Waals surface area (Å²) in [6.07, 6.45) is -4.43. The third kappa shape index (κ3) is 3.59. The van der Waals surface area contributed by atoms with Crippen LogP contribution in [-0.4, -0.2) is 40.3 Å². The summed E-state index contributed by atoms with van der Waals surface area (Å²) in [6, 6.07) is 0. The van der Waals surface area contributed by atoms with Crippen molar-refractivity contribution in [2.75, 3.05) is 18.0 Å². The first-order valence-corrected chi connectivity index (χ1v) is 6.30. The maximum Gasteiger partial charge on any atom is 0.419 e. The van der Waals surface area contributed by atoms with Crippen LogP contribution in [-0.2, 0) is 11.0 Å². The standard InChI is InChI=1S/C12H13F4N3O2/c13-9(10(20)21)7-1-3-19(4-2-7)11-17-5-8(6-18-11)12(14,15)16/h5-7,9H,1-4H2,(H,20,21). The number of carboxylic acid groups (broad SMARTS) is 1. The Bertz CT molecular complexity index is 498. The molecule has 1 atom stereocenters. The second-order valence-electron chi connectivity index (χ2n) is 4.83. The Labute approximate surface area is 117 Å². The van der Waals surface area contributed by atoms with Gasteiger partial charge in [0.05, 0.1) is 5.56 Å². The van der Waals surface area contributed by atoms with Crippen LogP contribution in [0.1, 0.15) is 18.4 Å².